The maximum atomic E-state index is 12.6. The number of hydrogen-bond donors (Lipinski definition) is 3. The molecule has 10 nitrogen and oxygen atoms in total. The van der Waals surface area contributed by atoms with Gasteiger partial charge in [-0.3, -0.25) is 9.69 Å². The monoisotopic (exact) mass is 467 g/mol. The SMILES string of the molecule is CN1c2ncnc(N3CCCCC3)c2/C(=C/c2ccc(C(=O)NCCN3CCOCC3)[nH]2)C1O. The smallest absolute Gasteiger partial charge is 0.267 e. The van der Waals surface area contributed by atoms with Crippen LogP contribution in [0.25, 0.3) is 11.6 Å². The number of nitrogens with zero attached hydrogens (tertiary/aromatic N) is 5. The van der Waals surface area contributed by atoms with Crippen molar-refractivity contribution in [1.29, 1.82) is 0 Å². The van der Waals surface area contributed by atoms with Crippen LogP contribution in [0, 0.1) is 0 Å². The van der Waals surface area contributed by atoms with Crippen LogP contribution in [-0.2, 0) is 4.74 Å². The highest BCUT2D eigenvalue weighted by Gasteiger charge is 2.35. The van der Waals surface area contributed by atoms with Crippen molar-refractivity contribution in [2.45, 2.75) is 25.5 Å². The number of piperidine rings is 1. The van der Waals surface area contributed by atoms with E-state index in [2.05, 4.69) is 30.1 Å². The third-order valence-electron chi connectivity index (χ3n) is 6.81. The van der Waals surface area contributed by atoms with Crippen LogP contribution in [0.4, 0.5) is 11.6 Å². The molecule has 1 unspecified atom stereocenters. The highest BCUT2D eigenvalue weighted by molar-refractivity contribution is 5.98. The molecule has 0 aliphatic carbocycles. The number of aromatic amines is 1. The Labute approximate surface area is 199 Å². The fourth-order valence-corrected chi connectivity index (χ4v) is 4.88. The van der Waals surface area contributed by atoms with E-state index in [1.54, 1.807) is 17.3 Å². The van der Waals surface area contributed by atoms with Gasteiger partial charge in [0.1, 0.15) is 23.7 Å². The highest BCUT2D eigenvalue weighted by Crippen LogP contribution is 2.42. The van der Waals surface area contributed by atoms with Crippen LogP contribution in [0.2, 0.25) is 0 Å². The number of hydrogen-bond acceptors (Lipinski definition) is 8. The second kappa shape index (κ2) is 10.1. The molecule has 2 fully saturated rings. The molecule has 0 bridgehead atoms. The number of ether oxygens (including phenoxy) is 1. The fourth-order valence-electron chi connectivity index (χ4n) is 4.88. The van der Waals surface area contributed by atoms with Crippen LogP contribution in [0.5, 0.6) is 0 Å². The largest absolute Gasteiger partial charge is 0.379 e. The first-order valence-corrected chi connectivity index (χ1v) is 12.1. The normalized spacial score (nSPS) is 22.3. The minimum absolute atomic E-state index is 0.139. The first-order valence-electron chi connectivity index (χ1n) is 12.1. The molecule has 2 saturated heterocycles. The minimum atomic E-state index is -0.829. The molecule has 2 aromatic rings. The Hall–Kier alpha value is -2.95. The van der Waals surface area contributed by atoms with Crippen molar-refractivity contribution < 1.29 is 14.6 Å². The van der Waals surface area contributed by atoms with Gasteiger partial charge in [-0.25, -0.2) is 9.97 Å². The number of aliphatic hydroxyl groups is 1. The van der Waals surface area contributed by atoms with Crippen molar-refractivity contribution in [3.63, 3.8) is 0 Å². The molecule has 5 heterocycles. The summed E-state index contributed by atoms with van der Waals surface area (Å²) in [4.78, 5) is 31.2. The van der Waals surface area contributed by atoms with Crippen LogP contribution in [0.15, 0.2) is 18.5 Å². The zero-order chi connectivity index (χ0) is 23.5. The van der Waals surface area contributed by atoms with Gasteiger partial charge in [-0.15, -0.1) is 0 Å². The first-order chi connectivity index (χ1) is 16.6. The van der Waals surface area contributed by atoms with E-state index in [0.29, 0.717) is 12.2 Å². The molecule has 3 N–H and O–H groups in total. The predicted molar refractivity (Wildman–Crippen MR) is 131 cm³/mol. The summed E-state index contributed by atoms with van der Waals surface area (Å²) in [6.45, 7) is 6.59. The van der Waals surface area contributed by atoms with Gasteiger partial charge in [-0.2, -0.15) is 0 Å². The summed E-state index contributed by atoms with van der Waals surface area (Å²) < 4.78 is 5.36. The number of aliphatic hydroxyl groups excluding tert-OH is 1. The Morgan fingerprint density at radius 2 is 1.94 bits per heavy atom. The highest BCUT2D eigenvalue weighted by atomic mass is 16.5. The third kappa shape index (κ3) is 4.66. The lowest BCUT2D eigenvalue weighted by atomic mass is 10.1. The minimum Gasteiger partial charge on any atom is -0.379 e. The number of likely N-dealkylation sites (N-methyl/N-ethyl adjacent to an activating group) is 1. The molecule has 10 heteroatoms. The molecule has 0 spiro atoms. The molecule has 2 aromatic heterocycles. The van der Waals surface area contributed by atoms with E-state index in [0.717, 1.165) is 87.2 Å². The Bertz CT molecular complexity index is 1040. The maximum absolute atomic E-state index is 12.6. The average molecular weight is 468 g/mol. The lowest BCUT2D eigenvalue weighted by Crippen LogP contribution is -2.41. The molecular formula is C24H33N7O3. The molecule has 34 heavy (non-hydrogen) atoms. The number of H-pyrrole nitrogens is 1. The Morgan fingerprint density at radius 3 is 2.74 bits per heavy atom. The van der Waals surface area contributed by atoms with Gasteiger partial charge in [0.05, 0.1) is 18.8 Å². The lowest BCUT2D eigenvalue weighted by Gasteiger charge is -2.29. The Morgan fingerprint density at radius 1 is 1.18 bits per heavy atom. The average Bonchev–Trinajstić information content (AvgIpc) is 3.44. The summed E-state index contributed by atoms with van der Waals surface area (Å²) in [6, 6.07) is 3.63. The van der Waals surface area contributed by atoms with Crippen LogP contribution < -0.4 is 15.1 Å². The van der Waals surface area contributed by atoms with Gasteiger partial charge in [0.2, 0.25) is 0 Å². The van der Waals surface area contributed by atoms with E-state index in [-0.39, 0.29) is 5.91 Å². The van der Waals surface area contributed by atoms with Crippen molar-refractivity contribution in [2.75, 3.05) is 69.3 Å². The summed E-state index contributed by atoms with van der Waals surface area (Å²) in [7, 11) is 1.83. The standard InChI is InChI=1S/C24H33N7O3/c1-29-21-20(22(27-16-26-21)31-8-3-2-4-9-31)18(24(29)33)15-17-5-6-19(28-17)23(32)25-7-10-30-11-13-34-14-12-30/h5-6,15-16,24,28,33H,2-4,7-14H2,1H3,(H,25,32)/b18-15-. The summed E-state index contributed by atoms with van der Waals surface area (Å²) in [5, 5.41) is 14.0. The van der Waals surface area contributed by atoms with Gasteiger partial charge >= 0.3 is 0 Å². The zero-order valence-electron chi connectivity index (χ0n) is 19.7. The molecule has 3 aliphatic heterocycles. The molecule has 0 radical (unpaired) electrons. The van der Waals surface area contributed by atoms with Crippen LogP contribution in [0.1, 0.15) is 41.0 Å². The third-order valence-corrected chi connectivity index (χ3v) is 6.81. The lowest BCUT2D eigenvalue weighted by molar-refractivity contribution is 0.0383. The molecule has 5 rings (SSSR count). The number of morpholine rings is 1. The molecule has 0 aromatic carbocycles. The molecule has 3 aliphatic rings. The number of nitrogens with one attached hydrogen (secondary N) is 2. The Balaban J connectivity index is 1.32. The van der Waals surface area contributed by atoms with Crippen molar-refractivity contribution in [1.82, 2.24) is 25.2 Å². The van der Waals surface area contributed by atoms with E-state index < -0.39 is 6.23 Å². The molecule has 1 atom stereocenters. The van der Waals surface area contributed by atoms with E-state index in [1.165, 1.54) is 6.42 Å². The van der Waals surface area contributed by atoms with Crippen molar-refractivity contribution >= 4 is 29.2 Å². The quantitative estimate of drug-likeness (QED) is 0.581. The van der Waals surface area contributed by atoms with E-state index in [9.17, 15) is 9.90 Å². The Kier molecular flexibility index (Phi) is 6.80. The summed E-state index contributed by atoms with van der Waals surface area (Å²) in [6.07, 6.45) is 6.14. The number of carbonyl (C=O) groups is 1. The zero-order valence-corrected chi connectivity index (χ0v) is 19.7. The van der Waals surface area contributed by atoms with E-state index in [4.69, 9.17) is 4.74 Å². The molecule has 182 valence electrons. The van der Waals surface area contributed by atoms with Crippen molar-refractivity contribution in [3.8, 4) is 0 Å². The number of rotatable bonds is 6. The summed E-state index contributed by atoms with van der Waals surface area (Å²) in [5.41, 5.74) is 2.85. The van der Waals surface area contributed by atoms with Crippen LogP contribution in [0.3, 0.4) is 0 Å². The van der Waals surface area contributed by atoms with Crippen LogP contribution >= 0.6 is 0 Å². The van der Waals surface area contributed by atoms with Gasteiger partial charge in [-0.1, -0.05) is 0 Å². The molecular weight excluding hydrogens is 434 g/mol. The predicted octanol–water partition coefficient (Wildman–Crippen LogP) is 1.17. The van der Waals surface area contributed by atoms with Gasteiger partial charge in [0, 0.05) is 57.6 Å². The first kappa shape index (κ1) is 22.8. The second-order valence-electron chi connectivity index (χ2n) is 9.07. The van der Waals surface area contributed by atoms with Gasteiger partial charge in [-0.05, 0) is 37.5 Å². The number of anilines is 2. The van der Waals surface area contributed by atoms with Gasteiger partial charge in [0.15, 0.2) is 6.23 Å². The number of carbonyl (C=O) groups excluding carboxylic acids is 1. The topological polar surface area (TPSA) is 110 Å². The van der Waals surface area contributed by atoms with Crippen molar-refractivity contribution in [3.05, 3.63) is 35.4 Å². The molecule has 1 amide bonds. The van der Waals surface area contributed by atoms with Gasteiger partial charge in [0.25, 0.3) is 5.91 Å². The number of fused-ring (bicyclic) bond motifs is 1. The molecule has 0 saturated carbocycles. The summed E-state index contributed by atoms with van der Waals surface area (Å²) in [5.74, 6) is 1.45. The van der Waals surface area contributed by atoms with Gasteiger partial charge < -0.3 is 29.9 Å². The van der Waals surface area contributed by atoms with Crippen molar-refractivity contribution in [2.24, 2.45) is 0 Å². The van der Waals surface area contributed by atoms with Crippen LogP contribution in [-0.4, -0.2) is 96.6 Å². The number of aromatic nitrogens is 3. The van der Waals surface area contributed by atoms with E-state index in [1.807, 2.05) is 19.2 Å². The fraction of sp³-hybridized carbons (Fsp3) is 0.542. The van der Waals surface area contributed by atoms with E-state index >= 15 is 0 Å². The second-order valence-corrected chi connectivity index (χ2v) is 9.07. The number of amides is 1. The maximum Gasteiger partial charge on any atom is 0.267 e. The summed E-state index contributed by atoms with van der Waals surface area (Å²) >= 11 is 0.